The Labute approximate surface area is 612 Å². The van der Waals surface area contributed by atoms with E-state index in [2.05, 4.69) is 121 Å². The highest BCUT2D eigenvalue weighted by Gasteiger charge is 2.35. The molecular weight excluding hydrogens is 1340 g/mol. The summed E-state index contributed by atoms with van der Waals surface area (Å²) < 4.78 is 3.64. The molecule has 2 atom stereocenters. The number of hydrogen-bond donors (Lipinski definition) is 8. The van der Waals surface area contributed by atoms with Crippen LogP contribution in [-0.4, -0.2) is 125 Å². The number of para-hydroxylation sites is 8. The number of nitrogens with one attached hydrogen (secondary N) is 8. The highest BCUT2D eigenvalue weighted by Crippen LogP contribution is 2.40. The number of rotatable bonds is 12. The molecule has 26 heteroatoms. The van der Waals surface area contributed by atoms with Crippen molar-refractivity contribution in [2.45, 2.75) is 70.8 Å². The van der Waals surface area contributed by atoms with Gasteiger partial charge in [-0.1, -0.05) is 110 Å². The fourth-order valence-corrected chi connectivity index (χ4v) is 14.7. The smallest absolute Gasteiger partial charge is 0.237 e. The van der Waals surface area contributed by atoms with Crippen molar-refractivity contribution >= 4 is 146 Å². The van der Waals surface area contributed by atoms with E-state index in [-0.39, 0.29) is 0 Å². The molecule has 12 heterocycles. The number of aromatic nitrogens is 20. The first kappa shape index (κ1) is 65.3. The van der Waals surface area contributed by atoms with Crippen LogP contribution >= 0.6 is 0 Å². The molecule has 0 radical (unpaired) electrons. The summed E-state index contributed by atoms with van der Waals surface area (Å²) in [5.41, 5.74) is 7.59. The van der Waals surface area contributed by atoms with Crippen LogP contribution in [0, 0.1) is 12.8 Å². The number of hydrogen-bond acceptors (Lipinski definition) is 20. The third-order valence-electron chi connectivity index (χ3n) is 20.1. The van der Waals surface area contributed by atoms with Gasteiger partial charge in [0.25, 0.3) is 0 Å². The van der Waals surface area contributed by atoms with Crippen LogP contribution in [0.4, 0.5) is 58.4 Å². The number of imidazole rings is 2. The van der Waals surface area contributed by atoms with E-state index in [4.69, 9.17) is 24.9 Å². The summed E-state index contributed by atoms with van der Waals surface area (Å²) in [6.45, 7) is 5.00. The van der Waals surface area contributed by atoms with Crippen LogP contribution in [0.25, 0.3) is 99.1 Å². The lowest BCUT2D eigenvalue weighted by Gasteiger charge is -2.44. The lowest BCUT2D eigenvalue weighted by Crippen LogP contribution is -2.47. The minimum Gasteiger partial charge on any atom is -0.341 e. The van der Waals surface area contributed by atoms with E-state index < -0.39 is 0 Å². The van der Waals surface area contributed by atoms with E-state index >= 15 is 0 Å². The molecule has 1 saturated carbocycles. The van der Waals surface area contributed by atoms with Gasteiger partial charge in [-0.15, -0.1) is 0 Å². The Balaban J connectivity index is 0.000000101. The first-order valence-corrected chi connectivity index (χ1v) is 36.3. The second-order valence-electron chi connectivity index (χ2n) is 26.8. The average molecular weight is 1410 g/mol. The van der Waals surface area contributed by atoms with Gasteiger partial charge in [0.2, 0.25) is 23.8 Å². The van der Waals surface area contributed by atoms with Crippen LogP contribution < -0.4 is 31.1 Å². The van der Waals surface area contributed by atoms with Gasteiger partial charge in [-0.2, -0.15) is 40.3 Å². The Morgan fingerprint density at radius 2 is 0.720 bits per heavy atom. The van der Waals surface area contributed by atoms with Crippen LogP contribution in [0.3, 0.4) is 0 Å². The molecule has 107 heavy (non-hydrogen) atoms. The van der Waals surface area contributed by atoms with Crippen LogP contribution in [0.15, 0.2) is 225 Å². The Kier molecular flexibility index (Phi) is 17.8. The predicted octanol–water partition coefficient (Wildman–Crippen LogP) is 16.8. The van der Waals surface area contributed by atoms with Crippen LogP contribution in [0.2, 0.25) is 0 Å². The van der Waals surface area contributed by atoms with E-state index in [1.807, 2.05) is 194 Å². The molecule has 0 spiro atoms. The van der Waals surface area contributed by atoms with E-state index in [9.17, 15) is 0 Å². The van der Waals surface area contributed by atoms with Gasteiger partial charge in [-0.25, -0.2) is 29.9 Å². The SMILES string of the molecule is Cc1nccn1-c1nc(Nc2n[nH]c3ccccc23)c2ccccc2n1.c1ccc2c(Nc3n[nH]c4ccccc34)nc(-n3ccnc3)nc2c1.c1ccc2c(Nc3n[nH]c4ccccc34)nc(N3CCCC4CCCCC43)nc2c1.c1ccc2c(Nc3n[nH]c4ccccc34)nc(N3CCCCC3)nc2c1. The summed E-state index contributed by atoms with van der Waals surface area (Å²) in [7, 11) is 0. The van der Waals surface area contributed by atoms with Gasteiger partial charge in [-0.3, -0.25) is 29.5 Å². The second kappa shape index (κ2) is 29.2. The molecule has 8 aromatic carbocycles. The van der Waals surface area contributed by atoms with Gasteiger partial charge >= 0.3 is 0 Å². The molecule has 21 rings (SSSR count). The third kappa shape index (κ3) is 13.5. The highest BCUT2D eigenvalue weighted by molar-refractivity contribution is 6.00. The molecule has 3 fully saturated rings. The van der Waals surface area contributed by atoms with Crippen molar-refractivity contribution in [2.24, 2.45) is 5.92 Å². The molecule has 2 aliphatic heterocycles. The molecule has 18 aromatic rings. The van der Waals surface area contributed by atoms with Crippen molar-refractivity contribution in [2.75, 3.05) is 50.7 Å². The van der Waals surface area contributed by atoms with Gasteiger partial charge in [0.15, 0.2) is 23.3 Å². The van der Waals surface area contributed by atoms with Crippen LogP contribution in [-0.2, 0) is 0 Å². The summed E-state index contributed by atoms with van der Waals surface area (Å²) in [5.74, 6) is 10.5. The van der Waals surface area contributed by atoms with Gasteiger partial charge in [-0.05, 0) is 155 Å². The zero-order valence-electron chi connectivity index (χ0n) is 58.6. The first-order chi connectivity index (χ1) is 52.9. The number of aryl methyl sites for hydroxylation is 1. The van der Waals surface area contributed by atoms with E-state index in [0.717, 1.165) is 165 Å². The molecule has 26 nitrogen and oxygen atoms in total. The Bertz CT molecular complexity index is 6170. The Morgan fingerprint density at radius 1 is 0.336 bits per heavy atom. The van der Waals surface area contributed by atoms with Crippen molar-refractivity contribution in [3.05, 3.63) is 231 Å². The maximum Gasteiger partial charge on any atom is 0.237 e. The number of anilines is 10. The van der Waals surface area contributed by atoms with Crippen LogP contribution in [0.1, 0.15) is 63.6 Å². The molecule has 528 valence electrons. The van der Waals surface area contributed by atoms with E-state index in [1.165, 1.54) is 57.8 Å². The lowest BCUT2D eigenvalue weighted by molar-refractivity contribution is 0.241. The summed E-state index contributed by atoms with van der Waals surface area (Å²) in [4.78, 5) is 51.5. The zero-order chi connectivity index (χ0) is 71.4. The fourth-order valence-electron chi connectivity index (χ4n) is 14.7. The first-order valence-electron chi connectivity index (χ1n) is 36.3. The largest absolute Gasteiger partial charge is 0.341 e. The number of nitrogens with zero attached hydrogens (tertiary/aromatic N) is 18. The van der Waals surface area contributed by atoms with E-state index in [0.29, 0.717) is 29.6 Å². The lowest BCUT2D eigenvalue weighted by atomic mass is 9.78. The number of fused-ring (bicyclic) bond motifs is 9. The molecule has 10 aromatic heterocycles. The van der Waals surface area contributed by atoms with Crippen molar-refractivity contribution in [3.63, 3.8) is 0 Å². The number of benzene rings is 8. The standard InChI is InChI=1S/C24H26N6.C20H20N6.C19H15N7.C18H13N7/c1-6-14-21-16(8-1)9-7-15-30(21)24-25-19-12-4-2-10-17(19)22(27-24)26-23-18-11-3-5-13-20(18)28-29-23;1-6-12-26(13-7-1)20-21-16-10-4-2-8-14(16)18(23-20)22-19-15-9-3-5-11-17(15)24-25-19;1-12-20-10-11-26(12)19-21-15-8-4-2-6-13(15)17(23-19)22-18-14-7-3-5-9-16(14)24-25-18;1-3-7-14-12(5-1)16(22-18(20-14)25-10-9-19-11-25)21-17-13-6-2-4-8-15(13)23-24-17/h2-5,10-13,16,21H,1,6-9,14-15H2,(H2,25,26,27,28,29);2-5,8-11H,1,6-7,12-13H2,(H2,21,22,23,24,25);2-11H,1H3,(H2,21,22,23,24,25);1-11H,(H2,20,21,22,23,24). The van der Waals surface area contributed by atoms with Crippen molar-refractivity contribution < 1.29 is 0 Å². The second-order valence-corrected chi connectivity index (χ2v) is 26.8. The normalized spacial score (nSPS) is 15.0. The van der Waals surface area contributed by atoms with Crippen LogP contribution in [0.5, 0.6) is 0 Å². The molecule has 0 bridgehead atoms. The molecule has 0 amide bonds. The van der Waals surface area contributed by atoms with Crippen molar-refractivity contribution in [1.29, 1.82) is 0 Å². The summed E-state index contributed by atoms with van der Waals surface area (Å²) in [6, 6.07) is 64.9. The monoisotopic (exact) mass is 1410 g/mol. The molecule has 2 saturated heterocycles. The van der Waals surface area contributed by atoms with Crippen molar-refractivity contribution in [3.8, 4) is 11.9 Å². The summed E-state index contributed by atoms with van der Waals surface area (Å²) in [6.07, 6.45) is 20.3. The number of H-pyrrole nitrogens is 4. The topological polar surface area (TPSA) is 308 Å². The minimum atomic E-state index is 0.554. The van der Waals surface area contributed by atoms with E-state index in [1.54, 1.807) is 23.3 Å². The minimum absolute atomic E-state index is 0.554. The molecule has 3 aliphatic rings. The average Bonchev–Trinajstić information content (AvgIpc) is 1.46. The number of aromatic amines is 4. The molecule has 8 N–H and O–H groups in total. The van der Waals surface area contributed by atoms with Crippen molar-refractivity contribution in [1.82, 2.24) is 99.8 Å². The molecular formula is C81H74N26. The fraction of sp³-hybridized carbons (Fsp3) is 0.185. The summed E-state index contributed by atoms with van der Waals surface area (Å²) >= 11 is 0. The molecule has 2 unspecified atom stereocenters. The quantitative estimate of drug-likeness (QED) is 0.0563. The Morgan fingerprint density at radius 3 is 1.17 bits per heavy atom. The zero-order valence-corrected chi connectivity index (χ0v) is 58.6. The van der Waals surface area contributed by atoms with Gasteiger partial charge in [0.05, 0.1) is 44.1 Å². The Hall–Kier alpha value is -13.8. The number of piperidine rings is 2. The van der Waals surface area contributed by atoms with Gasteiger partial charge in [0.1, 0.15) is 35.4 Å². The maximum atomic E-state index is 5.05. The van der Waals surface area contributed by atoms with Gasteiger partial charge < -0.3 is 31.1 Å². The highest BCUT2D eigenvalue weighted by atomic mass is 15.3. The van der Waals surface area contributed by atoms with Gasteiger partial charge in [0, 0.05) is 93.6 Å². The summed E-state index contributed by atoms with van der Waals surface area (Å²) in [5, 5.41) is 51.6. The maximum absolute atomic E-state index is 5.05. The molecule has 1 aliphatic carbocycles. The third-order valence-corrected chi connectivity index (χ3v) is 20.1. The predicted molar refractivity (Wildman–Crippen MR) is 423 cm³/mol.